The fraction of sp³-hybridized carbons (Fsp3) is 1.00. The molecule has 2 nitrogen and oxygen atoms in total. The Bertz CT molecular complexity index is 238. The van der Waals surface area contributed by atoms with Gasteiger partial charge in [-0.1, -0.05) is 22.4 Å². The van der Waals surface area contributed by atoms with Gasteiger partial charge in [-0.2, -0.15) is 0 Å². The fourth-order valence-electron chi connectivity index (χ4n) is 3.91. The van der Waals surface area contributed by atoms with Gasteiger partial charge in [0.1, 0.15) is 0 Å². The summed E-state index contributed by atoms with van der Waals surface area (Å²) in [6.07, 6.45) is 6.50. The summed E-state index contributed by atoms with van der Waals surface area (Å²) in [4.78, 5) is 0. The second kappa shape index (κ2) is 4.01. The van der Waals surface area contributed by atoms with Crippen LogP contribution in [0.1, 0.15) is 32.1 Å². The van der Waals surface area contributed by atoms with Crippen LogP contribution in [0.3, 0.4) is 0 Å². The highest BCUT2D eigenvalue weighted by molar-refractivity contribution is 9.09. The van der Waals surface area contributed by atoms with Crippen molar-refractivity contribution in [2.45, 2.75) is 37.9 Å². The summed E-state index contributed by atoms with van der Waals surface area (Å²) in [6, 6.07) is 0. The Morgan fingerprint density at radius 3 is 2.67 bits per heavy atom. The fourth-order valence-corrected chi connectivity index (χ4v) is 4.72. The molecule has 86 valence electrons. The van der Waals surface area contributed by atoms with Crippen LogP contribution in [-0.4, -0.2) is 24.3 Å². The first-order valence-electron chi connectivity index (χ1n) is 6.19. The third kappa shape index (κ3) is 1.58. The normalized spacial score (nSPS) is 43.4. The van der Waals surface area contributed by atoms with E-state index in [9.17, 15) is 0 Å². The van der Waals surface area contributed by atoms with Crippen LogP contribution in [0.15, 0.2) is 0 Å². The molecule has 3 rings (SSSR count). The lowest BCUT2D eigenvalue weighted by atomic mass is 9.73. The quantitative estimate of drug-likeness (QED) is 0.685. The molecule has 0 radical (unpaired) electrons. The van der Waals surface area contributed by atoms with Gasteiger partial charge in [-0.15, -0.1) is 0 Å². The molecule has 3 aliphatic rings. The summed E-state index contributed by atoms with van der Waals surface area (Å²) in [6.45, 7) is 1.62. The highest BCUT2D eigenvalue weighted by Gasteiger charge is 2.55. The Labute approximate surface area is 99.8 Å². The van der Waals surface area contributed by atoms with Gasteiger partial charge in [-0.05, 0) is 31.1 Å². The van der Waals surface area contributed by atoms with Gasteiger partial charge in [0.05, 0.1) is 13.2 Å². The third-order valence-corrected chi connectivity index (χ3v) is 5.41. The summed E-state index contributed by atoms with van der Waals surface area (Å²) in [5.41, 5.74) is 0. The van der Waals surface area contributed by atoms with Gasteiger partial charge in [0.2, 0.25) is 0 Å². The summed E-state index contributed by atoms with van der Waals surface area (Å²) in [5, 5.41) is 1.16. The van der Waals surface area contributed by atoms with Crippen molar-refractivity contribution in [2.24, 2.45) is 17.8 Å². The zero-order valence-corrected chi connectivity index (χ0v) is 10.7. The van der Waals surface area contributed by atoms with Gasteiger partial charge in [-0.3, -0.25) is 0 Å². The van der Waals surface area contributed by atoms with Crippen LogP contribution >= 0.6 is 15.9 Å². The van der Waals surface area contributed by atoms with Crippen molar-refractivity contribution in [1.82, 2.24) is 0 Å². The van der Waals surface area contributed by atoms with E-state index in [1.165, 1.54) is 25.7 Å². The van der Waals surface area contributed by atoms with Gasteiger partial charge in [0, 0.05) is 17.7 Å². The van der Waals surface area contributed by atoms with Crippen molar-refractivity contribution < 1.29 is 9.47 Å². The molecule has 1 aliphatic heterocycles. The summed E-state index contributed by atoms with van der Waals surface area (Å²) in [7, 11) is 0. The maximum Gasteiger partial charge on any atom is 0.171 e. The predicted molar refractivity (Wildman–Crippen MR) is 62.0 cm³/mol. The molecule has 2 saturated carbocycles. The Morgan fingerprint density at radius 2 is 1.93 bits per heavy atom. The Balaban J connectivity index is 1.81. The van der Waals surface area contributed by atoms with Gasteiger partial charge >= 0.3 is 0 Å². The van der Waals surface area contributed by atoms with Crippen LogP contribution in [0.25, 0.3) is 0 Å². The number of halogens is 1. The number of ether oxygens (including phenoxy) is 2. The predicted octanol–water partition coefficient (Wildman–Crippen LogP) is 2.95. The summed E-state index contributed by atoms with van der Waals surface area (Å²) in [5.74, 6) is 2.22. The molecule has 3 heteroatoms. The average Bonchev–Trinajstić information content (AvgIpc) is 2.89. The van der Waals surface area contributed by atoms with Crippen LogP contribution in [0.2, 0.25) is 0 Å². The second-order valence-electron chi connectivity index (χ2n) is 5.16. The topological polar surface area (TPSA) is 18.5 Å². The maximum absolute atomic E-state index is 5.93. The zero-order chi connectivity index (χ0) is 10.3. The molecule has 0 unspecified atom stereocenters. The molecule has 1 spiro atoms. The molecule has 15 heavy (non-hydrogen) atoms. The summed E-state index contributed by atoms with van der Waals surface area (Å²) < 4.78 is 11.9. The van der Waals surface area contributed by atoms with E-state index in [2.05, 4.69) is 15.9 Å². The molecule has 2 aliphatic carbocycles. The van der Waals surface area contributed by atoms with E-state index in [1.54, 1.807) is 0 Å². The first kappa shape index (κ1) is 10.5. The van der Waals surface area contributed by atoms with E-state index in [-0.39, 0.29) is 5.79 Å². The van der Waals surface area contributed by atoms with E-state index >= 15 is 0 Å². The Morgan fingerprint density at radius 1 is 1.13 bits per heavy atom. The minimum Gasteiger partial charge on any atom is -0.347 e. The minimum atomic E-state index is -0.161. The Kier molecular flexibility index (Phi) is 2.82. The van der Waals surface area contributed by atoms with Crippen LogP contribution in [0.5, 0.6) is 0 Å². The van der Waals surface area contributed by atoms with E-state index < -0.39 is 0 Å². The first-order valence-corrected chi connectivity index (χ1v) is 7.32. The summed E-state index contributed by atoms with van der Waals surface area (Å²) >= 11 is 3.66. The smallest absolute Gasteiger partial charge is 0.171 e. The average molecular weight is 275 g/mol. The van der Waals surface area contributed by atoms with Gasteiger partial charge in [-0.25, -0.2) is 0 Å². The van der Waals surface area contributed by atoms with Gasteiger partial charge < -0.3 is 9.47 Å². The van der Waals surface area contributed by atoms with Crippen molar-refractivity contribution in [3.8, 4) is 0 Å². The lowest BCUT2D eigenvalue weighted by molar-refractivity contribution is -0.193. The molecule has 0 N–H and O–H groups in total. The number of hydrogen-bond donors (Lipinski definition) is 0. The largest absolute Gasteiger partial charge is 0.347 e. The molecule has 1 saturated heterocycles. The molecular formula is C12H19BrO2. The monoisotopic (exact) mass is 274 g/mol. The molecule has 0 amide bonds. The highest BCUT2D eigenvalue weighted by Crippen LogP contribution is 2.54. The minimum absolute atomic E-state index is 0.161. The van der Waals surface area contributed by atoms with E-state index in [4.69, 9.17) is 9.47 Å². The number of alkyl halides is 1. The van der Waals surface area contributed by atoms with Crippen molar-refractivity contribution >= 4 is 15.9 Å². The first-order chi connectivity index (χ1) is 7.36. The number of hydrogen-bond acceptors (Lipinski definition) is 2. The molecule has 3 atom stereocenters. The number of fused-ring (bicyclic) bond motifs is 2. The second-order valence-corrected chi connectivity index (χ2v) is 5.81. The van der Waals surface area contributed by atoms with Crippen molar-refractivity contribution in [3.05, 3.63) is 0 Å². The molecule has 0 bridgehead atoms. The lowest BCUT2D eigenvalue weighted by Gasteiger charge is -2.38. The van der Waals surface area contributed by atoms with E-state index in [0.717, 1.165) is 36.8 Å². The highest BCUT2D eigenvalue weighted by atomic mass is 79.9. The van der Waals surface area contributed by atoms with Gasteiger partial charge in [0.15, 0.2) is 5.79 Å². The van der Waals surface area contributed by atoms with Crippen molar-refractivity contribution in [2.75, 3.05) is 18.5 Å². The molecule has 0 aromatic carbocycles. The standard InChI is InChI=1S/C12H19BrO2/c13-8-9-2-1-3-11-10(9)4-5-12(11)14-6-7-15-12/h9-11H,1-8H2/t9-,10-,11+/m0/s1. The SMILES string of the molecule is BrC[C@@H]1CCC[C@@H]2[C@H]1CCC21OCCO1. The van der Waals surface area contributed by atoms with Crippen LogP contribution in [0.4, 0.5) is 0 Å². The van der Waals surface area contributed by atoms with Crippen LogP contribution in [-0.2, 0) is 9.47 Å². The molecular weight excluding hydrogens is 256 g/mol. The van der Waals surface area contributed by atoms with E-state index in [0.29, 0.717) is 5.92 Å². The molecule has 0 aromatic rings. The molecule has 3 fully saturated rings. The van der Waals surface area contributed by atoms with Crippen LogP contribution in [0, 0.1) is 17.8 Å². The molecule has 0 aromatic heterocycles. The van der Waals surface area contributed by atoms with Crippen molar-refractivity contribution in [3.63, 3.8) is 0 Å². The maximum atomic E-state index is 5.93. The van der Waals surface area contributed by atoms with E-state index in [1.807, 2.05) is 0 Å². The molecule has 1 heterocycles. The van der Waals surface area contributed by atoms with Crippen molar-refractivity contribution in [1.29, 1.82) is 0 Å². The lowest BCUT2D eigenvalue weighted by Crippen LogP contribution is -2.40. The number of rotatable bonds is 1. The third-order valence-electron chi connectivity index (χ3n) is 4.58. The zero-order valence-electron chi connectivity index (χ0n) is 9.08. The Hall–Kier alpha value is 0.400. The van der Waals surface area contributed by atoms with Crippen LogP contribution < -0.4 is 0 Å². The van der Waals surface area contributed by atoms with Gasteiger partial charge in [0.25, 0.3) is 0 Å².